The van der Waals surface area contributed by atoms with E-state index in [1.807, 2.05) is 0 Å². The van der Waals surface area contributed by atoms with E-state index in [-0.39, 0.29) is 18.0 Å². The number of thiophene rings is 1. The van der Waals surface area contributed by atoms with Crippen LogP contribution in [0.1, 0.15) is 47.2 Å². The molecule has 25 heavy (non-hydrogen) atoms. The quantitative estimate of drug-likeness (QED) is 0.831. The molecule has 134 valence electrons. The Labute approximate surface area is 150 Å². The van der Waals surface area contributed by atoms with Gasteiger partial charge in [0.25, 0.3) is 5.56 Å². The molecular weight excluding hydrogens is 338 g/mol. The molecule has 7 heteroatoms. The van der Waals surface area contributed by atoms with Crippen LogP contribution in [0.25, 0.3) is 10.2 Å². The van der Waals surface area contributed by atoms with Crippen LogP contribution in [0.15, 0.2) is 4.79 Å². The standard InChI is InChI=1S/C18H23N3O3S/c1-3-24-17(23)14-19-15(22)13-11-4-5-18(6-8-21(2)9-7-18)10-12(11)25-16(13)20-14/h3-10H2,1-2H3,(H,19,20,22). The fourth-order valence-corrected chi connectivity index (χ4v) is 5.55. The second kappa shape index (κ2) is 6.21. The van der Waals surface area contributed by atoms with E-state index >= 15 is 0 Å². The Kier molecular flexibility index (Phi) is 4.16. The van der Waals surface area contributed by atoms with Gasteiger partial charge < -0.3 is 14.6 Å². The van der Waals surface area contributed by atoms with Crippen LogP contribution in [0.5, 0.6) is 0 Å². The maximum Gasteiger partial charge on any atom is 0.374 e. The van der Waals surface area contributed by atoms with Gasteiger partial charge in [0, 0.05) is 4.88 Å². The number of aryl methyl sites for hydroxylation is 1. The number of aromatic nitrogens is 2. The molecule has 2 aromatic heterocycles. The van der Waals surface area contributed by atoms with E-state index in [0.29, 0.717) is 15.6 Å². The molecule has 0 saturated carbocycles. The summed E-state index contributed by atoms with van der Waals surface area (Å²) in [5.41, 5.74) is 1.30. The van der Waals surface area contributed by atoms with E-state index < -0.39 is 5.97 Å². The number of H-pyrrole nitrogens is 1. The minimum absolute atomic E-state index is 0.00644. The number of aromatic amines is 1. The molecule has 2 aromatic rings. The Balaban J connectivity index is 1.71. The third-order valence-corrected chi connectivity index (χ3v) is 6.83. The average Bonchev–Trinajstić information content (AvgIpc) is 2.95. The fraction of sp³-hybridized carbons (Fsp3) is 0.611. The second-order valence-electron chi connectivity index (χ2n) is 7.30. The SMILES string of the molecule is CCOC(=O)c1nc2sc3c(c2c(=O)[nH]1)CCC1(CCN(C)CC1)C3. The summed E-state index contributed by atoms with van der Waals surface area (Å²) in [6.07, 6.45) is 5.54. The fourth-order valence-electron chi connectivity index (χ4n) is 4.15. The predicted molar refractivity (Wildman–Crippen MR) is 97.4 cm³/mol. The third-order valence-electron chi connectivity index (χ3n) is 5.70. The number of fused-ring (bicyclic) bond motifs is 3. The van der Waals surface area contributed by atoms with Crippen molar-refractivity contribution in [2.75, 3.05) is 26.7 Å². The Hall–Kier alpha value is -1.73. The number of nitrogens with zero attached hydrogens (tertiary/aromatic N) is 2. The molecule has 1 aliphatic heterocycles. The molecule has 0 unspecified atom stereocenters. The normalized spacial score (nSPS) is 19.9. The first kappa shape index (κ1) is 16.7. The summed E-state index contributed by atoms with van der Waals surface area (Å²) < 4.78 is 4.96. The van der Waals surface area contributed by atoms with E-state index in [1.54, 1.807) is 18.3 Å². The van der Waals surface area contributed by atoms with Crippen LogP contribution < -0.4 is 5.56 Å². The number of ether oxygens (including phenoxy) is 1. The summed E-state index contributed by atoms with van der Waals surface area (Å²) in [6, 6.07) is 0. The van der Waals surface area contributed by atoms with Gasteiger partial charge in [-0.15, -0.1) is 11.3 Å². The van der Waals surface area contributed by atoms with Gasteiger partial charge in [-0.1, -0.05) is 0 Å². The van der Waals surface area contributed by atoms with Crippen LogP contribution in [-0.2, 0) is 17.6 Å². The van der Waals surface area contributed by atoms with Gasteiger partial charge in [-0.3, -0.25) is 4.79 Å². The third kappa shape index (κ3) is 2.89. The van der Waals surface area contributed by atoms with E-state index in [2.05, 4.69) is 21.9 Å². The number of esters is 1. The molecule has 1 spiro atoms. The molecule has 6 nitrogen and oxygen atoms in total. The highest BCUT2D eigenvalue weighted by molar-refractivity contribution is 7.18. The molecule has 1 saturated heterocycles. The molecule has 1 aliphatic carbocycles. The maximum absolute atomic E-state index is 12.5. The van der Waals surface area contributed by atoms with Crippen molar-refractivity contribution in [1.29, 1.82) is 0 Å². The summed E-state index contributed by atoms with van der Waals surface area (Å²) in [6.45, 7) is 4.29. The zero-order valence-electron chi connectivity index (χ0n) is 14.7. The highest BCUT2D eigenvalue weighted by Crippen LogP contribution is 2.46. The molecule has 0 atom stereocenters. The highest BCUT2D eigenvalue weighted by Gasteiger charge is 2.38. The molecule has 0 amide bonds. The van der Waals surface area contributed by atoms with Gasteiger partial charge in [0.15, 0.2) is 0 Å². The topological polar surface area (TPSA) is 75.3 Å². The van der Waals surface area contributed by atoms with Crippen LogP contribution in [0.4, 0.5) is 0 Å². The molecule has 0 aromatic carbocycles. The summed E-state index contributed by atoms with van der Waals surface area (Å²) in [5.74, 6) is -0.563. The Morgan fingerprint density at radius 2 is 2.12 bits per heavy atom. The first-order valence-corrected chi connectivity index (χ1v) is 9.73. The van der Waals surface area contributed by atoms with Crippen molar-refractivity contribution in [1.82, 2.24) is 14.9 Å². The minimum Gasteiger partial charge on any atom is -0.460 e. The van der Waals surface area contributed by atoms with Crippen LogP contribution >= 0.6 is 11.3 Å². The van der Waals surface area contributed by atoms with Crippen molar-refractivity contribution in [3.05, 3.63) is 26.6 Å². The number of likely N-dealkylation sites (tertiary alicyclic amines) is 1. The van der Waals surface area contributed by atoms with Gasteiger partial charge in [-0.05, 0) is 70.1 Å². The molecule has 1 fully saturated rings. The lowest BCUT2D eigenvalue weighted by Crippen LogP contribution is -2.41. The Morgan fingerprint density at radius 3 is 2.84 bits per heavy atom. The first-order chi connectivity index (χ1) is 12.0. The summed E-state index contributed by atoms with van der Waals surface area (Å²) in [5, 5.41) is 0.677. The molecular formula is C18H23N3O3S. The predicted octanol–water partition coefficient (Wildman–Crippen LogP) is 2.36. The number of carbonyl (C=O) groups is 1. The van der Waals surface area contributed by atoms with Crippen molar-refractivity contribution in [2.24, 2.45) is 5.41 Å². The zero-order chi connectivity index (χ0) is 17.6. The molecule has 0 bridgehead atoms. The first-order valence-electron chi connectivity index (χ1n) is 8.91. The number of hydrogen-bond donors (Lipinski definition) is 1. The van der Waals surface area contributed by atoms with Gasteiger partial charge in [0.2, 0.25) is 5.82 Å². The molecule has 2 aliphatic rings. The zero-order valence-corrected chi connectivity index (χ0v) is 15.5. The van der Waals surface area contributed by atoms with Crippen LogP contribution in [-0.4, -0.2) is 47.6 Å². The van der Waals surface area contributed by atoms with Gasteiger partial charge in [0.1, 0.15) is 4.83 Å². The van der Waals surface area contributed by atoms with E-state index in [0.717, 1.165) is 37.9 Å². The molecule has 4 rings (SSSR count). The van der Waals surface area contributed by atoms with Crippen molar-refractivity contribution in [3.8, 4) is 0 Å². The number of piperidine rings is 1. The molecule has 1 N–H and O–H groups in total. The van der Waals surface area contributed by atoms with Gasteiger partial charge >= 0.3 is 5.97 Å². The lowest BCUT2D eigenvalue weighted by atomic mass is 9.68. The van der Waals surface area contributed by atoms with Crippen molar-refractivity contribution < 1.29 is 9.53 Å². The van der Waals surface area contributed by atoms with Crippen LogP contribution in [0.2, 0.25) is 0 Å². The van der Waals surface area contributed by atoms with E-state index in [4.69, 9.17) is 4.74 Å². The lowest BCUT2D eigenvalue weighted by Gasteiger charge is -2.43. The number of rotatable bonds is 2. The minimum atomic E-state index is -0.570. The van der Waals surface area contributed by atoms with E-state index in [9.17, 15) is 9.59 Å². The smallest absolute Gasteiger partial charge is 0.374 e. The van der Waals surface area contributed by atoms with E-state index in [1.165, 1.54) is 17.7 Å². The highest BCUT2D eigenvalue weighted by atomic mass is 32.1. The summed E-state index contributed by atoms with van der Waals surface area (Å²) in [4.78, 5) is 35.8. The van der Waals surface area contributed by atoms with Gasteiger partial charge in [0.05, 0.1) is 12.0 Å². The maximum atomic E-state index is 12.5. The van der Waals surface area contributed by atoms with Crippen LogP contribution in [0.3, 0.4) is 0 Å². The summed E-state index contributed by atoms with van der Waals surface area (Å²) >= 11 is 1.58. The van der Waals surface area contributed by atoms with Crippen molar-refractivity contribution in [3.63, 3.8) is 0 Å². The summed E-state index contributed by atoms with van der Waals surface area (Å²) in [7, 11) is 2.18. The van der Waals surface area contributed by atoms with Gasteiger partial charge in [-0.25, -0.2) is 9.78 Å². The van der Waals surface area contributed by atoms with Crippen molar-refractivity contribution in [2.45, 2.75) is 39.0 Å². The largest absolute Gasteiger partial charge is 0.460 e. The number of hydrogen-bond acceptors (Lipinski definition) is 6. The van der Waals surface area contributed by atoms with Crippen molar-refractivity contribution >= 4 is 27.5 Å². The molecule has 3 heterocycles. The second-order valence-corrected chi connectivity index (χ2v) is 8.38. The monoisotopic (exact) mass is 361 g/mol. The Morgan fingerprint density at radius 1 is 1.36 bits per heavy atom. The van der Waals surface area contributed by atoms with Crippen LogP contribution in [0, 0.1) is 5.41 Å². The lowest BCUT2D eigenvalue weighted by molar-refractivity contribution is 0.0512. The van der Waals surface area contributed by atoms with Gasteiger partial charge in [-0.2, -0.15) is 0 Å². The molecule has 0 radical (unpaired) electrons. The Bertz CT molecular complexity index is 878. The number of nitrogens with one attached hydrogen (secondary N) is 1. The number of carbonyl (C=O) groups excluding carboxylic acids is 1. The average molecular weight is 361 g/mol.